The van der Waals surface area contributed by atoms with Crippen LogP contribution in [0.3, 0.4) is 0 Å². The molecule has 1 aromatic rings. The van der Waals surface area contributed by atoms with Crippen LogP contribution in [0.15, 0.2) is 6.20 Å². The second-order valence-electron chi connectivity index (χ2n) is 4.24. The maximum Gasteiger partial charge on any atom is 0.360 e. The average Bonchev–Trinajstić information content (AvgIpc) is 2.46. The highest BCUT2D eigenvalue weighted by Crippen LogP contribution is 2.61. The van der Waals surface area contributed by atoms with E-state index in [0.717, 1.165) is 5.92 Å². The van der Waals surface area contributed by atoms with Gasteiger partial charge in [-0.2, -0.15) is 0 Å². The van der Waals surface area contributed by atoms with Crippen LogP contribution in [-0.2, 0) is 10.3 Å². The van der Waals surface area contributed by atoms with Gasteiger partial charge in [0.2, 0.25) is 0 Å². The van der Waals surface area contributed by atoms with Gasteiger partial charge >= 0.3 is 5.97 Å². The summed E-state index contributed by atoms with van der Waals surface area (Å²) in [5.41, 5.74) is 0.501. The predicted molar refractivity (Wildman–Crippen MR) is 46.7 cm³/mol. The minimum atomic E-state index is -0.414. The van der Waals surface area contributed by atoms with Crippen LogP contribution in [0, 0.1) is 5.92 Å². The van der Waals surface area contributed by atoms with Gasteiger partial charge < -0.3 is 4.74 Å². The van der Waals surface area contributed by atoms with Crippen LogP contribution < -0.4 is 0 Å². The largest absolute Gasteiger partial charge is 0.464 e. The third kappa shape index (κ3) is 0.818. The predicted octanol–water partition coefficient (Wildman–Crippen LogP) is 0.574. The summed E-state index contributed by atoms with van der Waals surface area (Å²) in [7, 11) is 1.35. The molecule has 2 bridgehead atoms. The topological polar surface area (TPSA) is 57.0 Å². The number of hydrogen-bond donors (Lipinski definition) is 0. The monoisotopic (exact) mass is 193 g/mol. The van der Waals surface area contributed by atoms with Crippen molar-refractivity contribution >= 4 is 5.97 Å². The molecule has 3 fully saturated rings. The third-order valence-electron chi connectivity index (χ3n) is 3.38. The Hall–Kier alpha value is -1.39. The van der Waals surface area contributed by atoms with Gasteiger partial charge in [0.1, 0.15) is 0 Å². The summed E-state index contributed by atoms with van der Waals surface area (Å²) in [6, 6.07) is 0. The van der Waals surface area contributed by atoms with Crippen LogP contribution >= 0.6 is 0 Å². The number of methoxy groups -OCH3 is 1. The van der Waals surface area contributed by atoms with Crippen molar-refractivity contribution in [2.75, 3.05) is 7.11 Å². The van der Waals surface area contributed by atoms with Gasteiger partial charge in [-0.05, 0) is 25.2 Å². The molecule has 14 heavy (non-hydrogen) atoms. The molecule has 5 heteroatoms. The van der Waals surface area contributed by atoms with E-state index in [0.29, 0.717) is 5.69 Å². The van der Waals surface area contributed by atoms with Crippen molar-refractivity contribution in [3.63, 3.8) is 0 Å². The molecule has 0 unspecified atom stereocenters. The molecule has 0 saturated heterocycles. The van der Waals surface area contributed by atoms with E-state index in [4.69, 9.17) is 0 Å². The third-order valence-corrected chi connectivity index (χ3v) is 3.38. The average molecular weight is 193 g/mol. The Morgan fingerprint density at radius 2 is 2.36 bits per heavy atom. The quantitative estimate of drug-likeness (QED) is 0.644. The smallest absolute Gasteiger partial charge is 0.360 e. The number of ether oxygens (including phenoxy) is 1. The van der Waals surface area contributed by atoms with Gasteiger partial charge in [0.25, 0.3) is 0 Å². The number of esters is 1. The number of hydrogen-bond acceptors (Lipinski definition) is 4. The van der Waals surface area contributed by atoms with Gasteiger partial charge in [0.15, 0.2) is 5.69 Å². The zero-order valence-electron chi connectivity index (χ0n) is 7.93. The minimum Gasteiger partial charge on any atom is -0.464 e. The van der Waals surface area contributed by atoms with Crippen LogP contribution in [0.4, 0.5) is 0 Å². The fourth-order valence-electron chi connectivity index (χ4n) is 2.41. The zero-order valence-corrected chi connectivity index (χ0v) is 7.93. The molecule has 74 valence electrons. The molecule has 1 aromatic heterocycles. The Labute approximate surface area is 81.0 Å². The van der Waals surface area contributed by atoms with Crippen molar-refractivity contribution in [3.8, 4) is 0 Å². The molecule has 0 N–H and O–H groups in total. The Bertz CT molecular complexity index is 381. The van der Waals surface area contributed by atoms with Crippen molar-refractivity contribution in [2.45, 2.75) is 24.8 Å². The molecule has 0 aromatic carbocycles. The molecule has 0 spiro atoms. The van der Waals surface area contributed by atoms with E-state index in [2.05, 4.69) is 15.0 Å². The molecule has 4 rings (SSSR count). The van der Waals surface area contributed by atoms with Gasteiger partial charge in [-0.3, -0.25) is 0 Å². The van der Waals surface area contributed by atoms with Gasteiger partial charge in [-0.25, -0.2) is 9.48 Å². The van der Waals surface area contributed by atoms with E-state index in [-0.39, 0.29) is 5.54 Å². The van der Waals surface area contributed by atoms with Crippen molar-refractivity contribution in [2.24, 2.45) is 5.92 Å². The molecule has 0 atom stereocenters. The van der Waals surface area contributed by atoms with Gasteiger partial charge in [0, 0.05) is 0 Å². The summed E-state index contributed by atoms with van der Waals surface area (Å²) in [6.45, 7) is 0. The van der Waals surface area contributed by atoms with Crippen molar-refractivity contribution in [1.82, 2.24) is 15.0 Å². The molecular weight excluding hydrogens is 182 g/mol. The lowest BCUT2D eigenvalue weighted by molar-refractivity contribution is -0.0989. The van der Waals surface area contributed by atoms with E-state index in [1.54, 1.807) is 6.20 Å². The first kappa shape index (κ1) is 7.96. The Kier molecular flexibility index (Phi) is 1.33. The summed E-state index contributed by atoms with van der Waals surface area (Å²) >= 11 is 0. The van der Waals surface area contributed by atoms with E-state index in [1.165, 1.54) is 26.4 Å². The van der Waals surface area contributed by atoms with Crippen LogP contribution in [0.5, 0.6) is 0 Å². The maximum absolute atomic E-state index is 11.1. The van der Waals surface area contributed by atoms with Gasteiger partial charge in [-0.15, -0.1) is 5.10 Å². The molecule has 0 amide bonds. The van der Waals surface area contributed by atoms with Crippen LogP contribution in [-0.4, -0.2) is 28.1 Å². The molecule has 5 nitrogen and oxygen atoms in total. The normalized spacial score (nSPS) is 33.1. The summed E-state index contributed by atoms with van der Waals surface area (Å²) < 4.78 is 6.40. The first-order valence-corrected chi connectivity index (χ1v) is 4.75. The van der Waals surface area contributed by atoms with Crippen LogP contribution in [0.2, 0.25) is 0 Å². The Morgan fingerprint density at radius 3 is 2.86 bits per heavy atom. The van der Waals surface area contributed by atoms with Crippen molar-refractivity contribution in [1.29, 1.82) is 0 Å². The molecule has 0 aliphatic heterocycles. The highest BCUT2D eigenvalue weighted by atomic mass is 16.5. The van der Waals surface area contributed by atoms with Crippen LogP contribution in [0.1, 0.15) is 29.8 Å². The maximum atomic E-state index is 11.1. The summed E-state index contributed by atoms with van der Waals surface area (Å²) in [5, 5.41) is 7.78. The van der Waals surface area contributed by atoms with Gasteiger partial charge in [0.05, 0.1) is 18.8 Å². The van der Waals surface area contributed by atoms with Crippen molar-refractivity contribution < 1.29 is 9.53 Å². The number of rotatable bonds is 2. The van der Waals surface area contributed by atoms with E-state index < -0.39 is 5.97 Å². The van der Waals surface area contributed by atoms with E-state index in [9.17, 15) is 4.79 Å². The fourth-order valence-corrected chi connectivity index (χ4v) is 2.41. The molecule has 3 saturated carbocycles. The van der Waals surface area contributed by atoms with Crippen LogP contribution in [0.25, 0.3) is 0 Å². The fraction of sp³-hybridized carbons (Fsp3) is 0.667. The Balaban J connectivity index is 1.86. The SMILES string of the molecule is COC(=O)c1cn(C23CC(C2)C3)nn1. The summed E-state index contributed by atoms with van der Waals surface area (Å²) in [5.74, 6) is 0.476. The van der Waals surface area contributed by atoms with Gasteiger partial charge in [-0.1, -0.05) is 5.21 Å². The molecule has 0 radical (unpaired) electrons. The van der Waals surface area contributed by atoms with Crippen molar-refractivity contribution in [3.05, 3.63) is 11.9 Å². The highest BCUT2D eigenvalue weighted by Gasteiger charge is 2.58. The first-order chi connectivity index (χ1) is 6.73. The number of aromatic nitrogens is 3. The lowest BCUT2D eigenvalue weighted by Gasteiger charge is -2.61. The summed E-state index contributed by atoms with van der Waals surface area (Å²) in [4.78, 5) is 11.1. The lowest BCUT2D eigenvalue weighted by Crippen LogP contribution is -2.59. The molecule has 3 aliphatic rings. The lowest BCUT2D eigenvalue weighted by atomic mass is 9.50. The standard InChI is InChI=1S/C9H11N3O2/c1-14-8(13)7-5-12(11-10-7)9-2-6(3-9)4-9/h5-6H,2-4H2,1H3. The molecule has 3 aliphatic carbocycles. The second kappa shape index (κ2) is 2.34. The number of nitrogens with zero attached hydrogens (tertiary/aromatic N) is 3. The first-order valence-electron chi connectivity index (χ1n) is 4.75. The number of carbonyl (C=O) groups excluding carboxylic acids is 1. The second-order valence-corrected chi connectivity index (χ2v) is 4.24. The van der Waals surface area contributed by atoms with E-state index in [1.807, 2.05) is 4.68 Å². The number of carbonyl (C=O) groups is 1. The minimum absolute atomic E-state index is 0.198. The highest BCUT2D eigenvalue weighted by molar-refractivity contribution is 5.86. The Morgan fingerprint density at radius 1 is 1.64 bits per heavy atom. The molecule has 1 heterocycles. The molecular formula is C9H11N3O2. The zero-order chi connectivity index (χ0) is 9.76. The summed E-state index contributed by atoms with van der Waals surface area (Å²) in [6.07, 6.45) is 5.27. The van der Waals surface area contributed by atoms with E-state index >= 15 is 0 Å².